The van der Waals surface area contributed by atoms with Crippen molar-refractivity contribution in [1.82, 2.24) is 10.6 Å². The molecule has 0 aromatic heterocycles. The van der Waals surface area contributed by atoms with Crippen LogP contribution >= 0.6 is 12.2 Å². The zero-order valence-electron chi connectivity index (χ0n) is 10.3. The van der Waals surface area contributed by atoms with Gasteiger partial charge >= 0.3 is 0 Å². The van der Waals surface area contributed by atoms with E-state index in [0.717, 1.165) is 23.5 Å². The van der Waals surface area contributed by atoms with E-state index < -0.39 is 0 Å². The van der Waals surface area contributed by atoms with Crippen LogP contribution in [0.5, 0.6) is 0 Å². The van der Waals surface area contributed by atoms with Gasteiger partial charge in [-0.3, -0.25) is 0 Å². The second-order valence-corrected chi connectivity index (χ2v) is 5.68. The van der Waals surface area contributed by atoms with Crippen LogP contribution in [0.3, 0.4) is 0 Å². The van der Waals surface area contributed by atoms with Crippen LogP contribution in [0.15, 0.2) is 0 Å². The molecule has 0 spiro atoms. The van der Waals surface area contributed by atoms with E-state index in [4.69, 9.17) is 12.2 Å². The minimum absolute atomic E-state index is 0.576. The maximum Gasteiger partial charge on any atom is 0.166 e. The first-order chi connectivity index (χ1) is 7.00. The van der Waals surface area contributed by atoms with Crippen molar-refractivity contribution in [2.24, 2.45) is 17.8 Å². The molecule has 0 bridgehead atoms. The average Bonchev–Trinajstić information content (AvgIpc) is 2.47. The molecule has 0 saturated heterocycles. The van der Waals surface area contributed by atoms with Crippen LogP contribution in [0, 0.1) is 17.8 Å². The first-order valence-electron chi connectivity index (χ1n) is 6.05. The van der Waals surface area contributed by atoms with Gasteiger partial charge in [-0.2, -0.15) is 0 Å². The Bertz CT molecular complexity index is 216. The fourth-order valence-electron chi connectivity index (χ4n) is 2.08. The highest BCUT2D eigenvalue weighted by Gasteiger charge is 2.29. The molecule has 15 heavy (non-hydrogen) atoms. The zero-order valence-corrected chi connectivity index (χ0v) is 11.2. The molecular formula is C12H24N2S. The summed E-state index contributed by atoms with van der Waals surface area (Å²) in [7, 11) is 0. The van der Waals surface area contributed by atoms with E-state index in [1.165, 1.54) is 12.8 Å². The molecule has 1 aliphatic carbocycles. The summed E-state index contributed by atoms with van der Waals surface area (Å²) in [5, 5.41) is 7.53. The molecule has 1 rings (SSSR count). The molecule has 0 radical (unpaired) electrons. The van der Waals surface area contributed by atoms with Crippen molar-refractivity contribution in [2.45, 2.75) is 46.6 Å². The molecule has 1 aliphatic rings. The third-order valence-corrected chi connectivity index (χ3v) is 3.71. The maximum atomic E-state index is 5.28. The lowest BCUT2D eigenvalue weighted by Crippen LogP contribution is -2.44. The van der Waals surface area contributed by atoms with Gasteiger partial charge in [-0.15, -0.1) is 0 Å². The highest BCUT2D eigenvalue weighted by Crippen LogP contribution is 2.30. The van der Waals surface area contributed by atoms with E-state index >= 15 is 0 Å². The van der Waals surface area contributed by atoms with Gasteiger partial charge in [-0.1, -0.05) is 27.7 Å². The Labute approximate surface area is 99.2 Å². The Kier molecular flexibility index (Phi) is 4.84. The van der Waals surface area contributed by atoms with Gasteiger partial charge in [-0.25, -0.2) is 0 Å². The summed E-state index contributed by atoms with van der Waals surface area (Å²) in [5.74, 6) is 2.21. The third-order valence-electron chi connectivity index (χ3n) is 3.45. The minimum atomic E-state index is 0.576. The second-order valence-electron chi connectivity index (χ2n) is 5.27. The minimum Gasteiger partial charge on any atom is -0.362 e. The van der Waals surface area contributed by atoms with Gasteiger partial charge in [0, 0.05) is 12.6 Å². The van der Waals surface area contributed by atoms with Crippen molar-refractivity contribution in [2.75, 3.05) is 6.54 Å². The van der Waals surface area contributed by atoms with Crippen LogP contribution in [-0.4, -0.2) is 17.7 Å². The summed E-state index contributed by atoms with van der Waals surface area (Å²) in [6, 6.07) is 0.576. The van der Waals surface area contributed by atoms with Gasteiger partial charge in [0.25, 0.3) is 0 Å². The largest absolute Gasteiger partial charge is 0.362 e. The molecule has 3 unspecified atom stereocenters. The Balaban J connectivity index is 2.26. The van der Waals surface area contributed by atoms with Crippen LogP contribution < -0.4 is 10.6 Å². The lowest BCUT2D eigenvalue weighted by Gasteiger charge is -2.22. The molecule has 1 saturated carbocycles. The summed E-state index contributed by atoms with van der Waals surface area (Å²) < 4.78 is 0. The molecule has 0 aromatic carbocycles. The van der Waals surface area contributed by atoms with E-state index in [0.29, 0.717) is 12.0 Å². The number of rotatable bonds is 3. The van der Waals surface area contributed by atoms with Crippen molar-refractivity contribution in [3.63, 3.8) is 0 Å². The fourth-order valence-corrected chi connectivity index (χ4v) is 2.32. The molecule has 3 atom stereocenters. The topological polar surface area (TPSA) is 24.1 Å². The fraction of sp³-hybridized carbons (Fsp3) is 0.917. The molecule has 3 heteroatoms. The molecule has 0 aliphatic heterocycles. The molecule has 0 heterocycles. The normalized spacial score (nSPS) is 30.6. The van der Waals surface area contributed by atoms with Gasteiger partial charge in [-0.05, 0) is 42.8 Å². The molecule has 88 valence electrons. The molecule has 2 nitrogen and oxygen atoms in total. The summed E-state index contributed by atoms with van der Waals surface area (Å²) in [5.41, 5.74) is 0. The van der Waals surface area contributed by atoms with Crippen LogP contribution in [0.25, 0.3) is 0 Å². The predicted octanol–water partition coefficient (Wildman–Crippen LogP) is 2.54. The summed E-state index contributed by atoms with van der Waals surface area (Å²) in [4.78, 5) is 0. The molecular weight excluding hydrogens is 204 g/mol. The standard InChI is InChI=1S/C12H24N2S/c1-8(2)7-13-12(15)14-11-6-5-9(3)10(11)4/h8-11H,5-7H2,1-4H3,(H2,13,14,15). The predicted molar refractivity (Wildman–Crippen MR) is 69.9 cm³/mol. The molecule has 0 aromatic rings. The van der Waals surface area contributed by atoms with Crippen molar-refractivity contribution in [3.05, 3.63) is 0 Å². The first kappa shape index (κ1) is 12.8. The van der Waals surface area contributed by atoms with Gasteiger partial charge < -0.3 is 10.6 Å². The van der Waals surface area contributed by atoms with Crippen LogP contribution in [-0.2, 0) is 0 Å². The zero-order chi connectivity index (χ0) is 11.4. The van der Waals surface area contributed by atoms with E-state index in [2.05, 4.69) is 38.3 Å². The molecule has 0 amide bonds. The van der Waals surface area contributed by atoms with Gasteiger partial charge in [0.2, 0.25) is 0 Å². The molecule has 2 N–H and O–H groups in total. The molecule has 1 fully saturated rings. The van der Waals surface area contributed by atoms with Crippen LogP contribution in [0.4, 0.5) is 0 Å². The van der Waals surface area contributed by atoms with Crippen molar-refractivity contribution in [3.8, 4) is 0 Å². The highest BCUT2D eigenvalue weighted by atomic mass is 32.1. The Morgan fingerprint density at radius 3 is 2.47 bits per heavy atom. The number of nitrogens with one attached hydrogen (secondary N) is 2. The summed E-state index contributed by atoms with van der Waals surface area (Å²) in [6.07, 6.45) is 2.58. The lowest BCUT2D eigenvalue weighted by atomic mass is 9.98. The van der Waals surface area contributed by atoms with Crippen molar-refractivity contribution in [1.29, 1.82) is 0 Å². The van der Waals surface area contributed by atoms with Crippen molar-refractivity contribution < 1.29 is 0 Å². The Morgan fingerprint density at radius 2 is 2.00 bits per heavy atom. The smallest absolute Gasteiger partial charge is 0.166 e. The SMILES string of the molecule is CC(C)CNC(=S)NC1CCC(C)C1C. The van der Waals surface area contributed by atoms with Gasteiger partial charge in [0.05, 0.1) is 0 Å². The van der Waals surface area contributed by atoms with Crippen LogP contribution in [0.2, 0.25) is 0 Å². The Morgan fingerprint density at radius 1 is 1.33 bits per heavy atom. The second kappa shape index (κ2) is 5.69. The van der Waals surface area contributed by atoms with Gasteiger partial charge in [0.1, 0.15) is 0 Å². The number of hydrogen-bond donors (Lipinski definition) is 2. The summed E-state index contributed by atoms with van der Waals surface area (Å²) in [6.45, 7) is 9.99. The maximum absolute atomic E-state index is 5.28. The van der Waals surface area contributed by atoms with E-state index in [1.54, 1.807) is 0 Å². The Hall–Kier alpha value is -0.310. The monoisotopic (exact) mass is 228 g/mol. The number of thiocarbonyl (C=S) groups is 1. The quantitative estimate of drug-likeness (QED) is 0.726. The van der Waals surface area contributed by atoms with E-state index in [1.807, 2.05) is 0 Å². The van der Waals surface area contributed by atoms with E-state index in [9.17, 15) is 0 Å². The van der Waals surface area contributed by atoms with Crippen LogP contribution in [0.1, 0.15) is 40.5 Å². The van der Waals surface area contributed by atoms with Gasteiger partial charge in [0.15, 0.2) is 5.11 Å². The number of hydrogen-bond acceptors (Lipinski definition) is 1. The first-order valence-corrected chi connectivity index (χ1v) is 6.46. The van der Waals surface area contributed by atoms with Crippen molar-refractivity contribution >= 4 is 17.3 Å². The van der Waals surface area contributed by atoms with E-state index in [-0.39, 0.29) is 0 Å². The third kappa shape index (κ3) is 3.98. The average molecular weight is 228 g/mol. The highest BCUT2D eigenvalue weighted by molar-refractivity contribution is 7.80. The summed E-state index contributed by atoms with van der Waals surface area (Å²) >= 11 is 5.28. The lowest BCUT2D eigenvalue weighted by molar-refractivity contribution is 0.401.